The van der Waals surface area contributed by atoms with Crippen LogP contribution in [0, 0.1) is 0 Å². The van der Waals surface area contributed by atoms with Crippen molar-refractivity contribution in [1.82, 2.24) is 29.5 Å². The van der Waals surface area contributed by atoms with E-state index < -0.39 is 11.8 Å². The molecule has 0 amide bonds. The van der Waals surface area contributed by atoms with Gasteiger partial charge in [0.05, 0.1) is 10.6 Å². The largest absolute Gasteiger partial charge is 0.494 e. The third-order valence-corrected chi connectivity index (χ3v) is 7.80. The van der Waals surface area contributed by atoms with E-state index in [9.17, 15) is 20.4 Å². The zero-order chi connectivity index (χ0) is 28.0. The van der Waals surface area contributed by atoms with Gasteiger partial charge in [0.1, 0.15) is 0 Å². The molecule has 0 saturated carbocycles. The van der Waals surface area contributed by atoms with E-state index in [0.717, 1.165) is 9.13 Å². The third-order valence-electron chi connectivity index (χ3n) is 7.47. The Morgan fingerprint density at radius 2 is 1.05 bits per heavy atom. The van der Waals surface area contributed by atoms with Crippen molar-refractivity contribution in [3.05, 3.63) is 94.0 Å². The zero-order valence-electron chi connectivity index (χ0n) is 20.7. The van der Waals surface area contributed by atoms with Crippen LogP contribution >= 0.6 is 11.6 Å². The number of hydrogen-bond donors (Lipinski definition) is 4. The molecule has 2 bridgehead atoms. The summed E-state index contributed by atoms with van der Waals surface area (Å²) in [5.41, 5.74) is 2.46. The molecule has 2 aromatic carbocycles. The number of hydrogen-bond acceptors (Lipinski definition) is 10. The predicted molar refractivity (Wildman–Crippen MR) is 143 cm³/mol. The minimum absolute atomic E-state index is 0.0971. The van der Waals surface area contributed by atoms with Crippen LogP contribution in [0.15, 0.2) is 75.6 Å². The highest BCUT2D eigenvalue weighted by atomic mass is 35.5. The van der Waals surface area contributed by atoms with E-state index in [1.807, 2.05) is 18.2 Å². The van der Waals surface area contributed by atoms with Crippen molar-refractivity contribution in [2.24, 2.45) is 0 Å². The summed E-state index contributed by atoms with van der Waals surface area (Å²) in [5, 5.41) is 61.8. The Hall–Kier alpha value is -5.49. The van der Waals surface area contributed by atoms with Crippen LogP contribution in [0.4, 0.5) is 0 Å². The Morgan fingerprint density at radius 3 is 1.59 bits per heavy atom. The average Bonchev–Trinajstić information content (AvgIpc) is 3.77. The summed E-state index contributed by atoms with van der Waals surface area (Å²) in [5.74, 6) is -2.54. The second kappa shape index (κ2) is 8.26. The van der Waals surface area contributed by atoms with E-state index in [4.69, 9.17) is 20.4 Å². The molecule has 2 unspecified atom stereocenters. The standard InChI is InChI=1S/C28H17ClN6O6/c29-16-9-5-4-8-13(16)22-31-33-28(41-22)35-25(38)19-14-10-11-15(20(19)26(35)39)18-17(14)23(36)34(24(18)37)27-32-30-21(40-27)12-6-2-1-3-7-12/h1-11,14-15,36-39H. The van der Waals surface area contributed by atoms with Gasteiger partial charge in [-0.3, -0.25) is 0 Å². The van der Waals surface area contributed by atoms with Crippen LogP contribution in [0.25, 0.3) is 34.9 Å². The van der Waals surface area contributed by atoms with Crippen LogP contribution in [0.1, 0.15) is 34.1 Å². The molecule has 4 aromatic heterocycles. The summed E-state index contributed by atoms with van der Waals surface area (Å²) in [6.07, 6.45) is 3.54. The molecule has 0 spiro atoms. The van der Waals surface area contributed by atoms with Crippen LogP contribution in [0.2, 0.25) is 5.02 Å². The van der Waals surface area contributed by atoms with Crippen molar-refractivity contribution in [1.29, 1.82) is 0 Å². The number of aromatic hydroxyl groups is 4. The topological polar surface area (TPSA) is 169 Å². The van der Waals surface area contributed by atoms with Crippen molar-refractivity contribution in [3.8, 4) is 58.5 Å². The molecule has 0 saturated heterocycles. The number of halogens is 1. The third kappa shape index (κ3) is 3.10. The second-order valence-corrected chi connectivity index (χ2v) is 9.99. The van der Waals surface area contributed by atoms with Crippen LogP contribution in [0.3, 0.4) is 0 Å². The molecular weight excluding hydrogens is 552 g/mol. The maximum absolute atomic E-state index is 11.3. The fourth-order valence-corrected chi connectivity index (χ4v) is 5.92. The van der Waals surface area contributed by atoms with Gasteiger partial charge < -0.3 is 29.3 Å². The van der Waals surface area contributed by atoms with Crippen LogP contribution in [-0.4, -0.2) is 50.0 Å². The first-order valence-electron chi connectivity index (χ1n) is 12.4. The quantitative estimate of drug-likeness (QED) is 0.212. The molecule has 0 radical (unpaired) electrons. The van der Waals surface area contributed by atoms with E-state index >= 15 is 0 Å². The molecule has 9 rings (SSSR count). The molecule has 202 valence electrons. The lowest BCUT2D eigenvalue weighted by Crippen LogP contribution is -2.17. The predicted octanol–water partition coefficient (Wildman–Crippen LogP) is 4.99. The molecule has 13 heteroatoms. The lowest BCUT2D eigenvalue weighted by Gasteiger charge is -2.31. The monoisotopic (exact) mass is 568 g/mol. The Bertz CT molecular complexity index is 1980. The van der Waals surface area contributed by atoms with E-state index in [0.29, 0.717) is 38.4 Å². The van der Waals surface area contributed by atoms with Gasteiger partial charge in [-0.2, -0.15) is 0 Å². The maximum atomic E-state index is 11.3. The van der Waals surface area contributed by atoms with Crippen LogP contribution in [0.5, 0.6) is 23.5 Å². The molecule has 6 aromatic rings. The summed E-state index contributed by atoms with van der Waals surface area (Å²) < 4.78 is 13.6. The second-order valence-electron chi connectivity index (χ2n) is 9.59. The molecule has 4 heterocycles. The smallest absolute Gasteiger partial charge is 0.332 e. The number of nitrogens with zero attached hydrogens (tertiary/aromatic N) is 6. The lowest BCUT2D eigenvalue weighted by molar-refractivity contribution is 0.375. The SMILES string of the molecule is Oc1c2c(c(O)n1-c1nnc(-c3ccccc3)o1)C1C=CC2c2c1c(O)n(-c1nnc(-c3ccccc3Cl)o1)c2O. The van der Waals surface area contributed by atoms with Crippen LogP contribution in [-0.2, 0) is 0 Å². The van der Waals surface area contributed by atoms with Gasteiger partial charge >= 0.3 is 12.0 Å². The highest BCUT2D eigenvalue weighted by Crippen LogP contribution is 2.61. The molecule has 0 aliphatic heterocycles. The molecule has 3 aliphatic rings. The van der Waals surface area contributed by atoms with E-state index in [1.54, 1.807) is 48.6 Å². The van der Waals surface area contributed by atoms with Crippen molar-refractivity contribution < 1.29 is 29.3 Å². The van der Waals surface area contributed by atoms with Gasteiger partial charge in [-0.1, -0.05) is 64.3 Å². The molecule has 12 nitrogen and oxygen atoms in total. The minimum Gasteiger partial charge on any atom is -0.494 e. The van der Waals surface area contributed by atoms with Gasteiger partial charge in [0.15, 0.2) is 0 Å². The molecule has 4 N–H and O–H groups in total. The number of rotatable bonds is 4. The normalized spacial score (nSPS) is 16.7. The summed E-state index contributed by atoms with van der Waals surface area (Å²) in [6, 6.07) is 15.6. The molecule has 0 fully saturated rings. The molecule has 3 aliphatic carbocycles. The Morgan fingerprint density at radius 1 is 0.585 bits per heavy atom. The van der Waals surface area contributed by atoms with Gasteiger partial charge in [-0.25, -0.2) is 9.13 Å². The first-order valence-corrected chi connectivity index (χ1v) is 12.8. The molecule has 41 heavy (non-hydrogen) atoms. The van der Waals surface area contributed by atoms with Crippen molar-refractivity contribution in [3.63, 3.8) is 0 Å². The highest BCUT2D eigenvalue weighted by Gasteiger charge is 2.47. The summed E-state index contributed by atoms with van der Waals surface area (Å²) in [4.78, 5) is 0. The number of benzene rings is 2. The first-order chi connectivity index (χ1) is 19.9. The molecular formula is C28H17ClN6O6. The van der Waals surface area contributed by atoms with Gasteiger partial charge in [0, 0.05) is 39.7 Å². The summed E-state index contributed by atoms with van der Waals surface area (Å²) >= 11 is 6.26. The fourth-order valence-electron chi connectivity index (χ4n) is 5.70. The Kier molecular flexibility index (Phi) is 4.71. The van der Waals surface area contributed by atoms with Crippen molar-refractivity contribution in [2.45, 2.75) is 11.8 Å². The van der Waals surface area contributed by atoms with Gasteiger partial charge in [0.2, 0.25) is 29.4 Å². The van der Waals surface area contributed by atoms with Crippen molar-refractivity contribution >= 4 is 11.6 Å². The van der Waals surface area contributed by atoms with Crippen molar-refractivity contribution in [2.75, 3.05) is 0 Å². The fraction of sp³-hybridized carbons (Fsp3) is 0.0714. The average molecular weight is 569 g/mol. The van der Waals surface area contributed by atoms with Gasteiger partial charge in [-0.05, 0) is 24.3 Å². The maximum Gasteiger partial charge on any atom is 0.332 e. The number of allylic oxidation sites excluding steroid dienone is 2. The summed E-state index contributed by atoms with van der Waals surface area (Å²) in [6.45, 7) is 0. The number of aromatic nitrogens is 6. The minimum atomic E-state index is -0.730. The van der Waals surface area contributed by atoms with Gasteiger partial charge in [-0.15, -0.1) is 10.2 Å². The Balaban J connectivity index is 1.23. The lowest BCUT2D eigenvalue weighted by atomic mass is 9.70. The summed E-state index contributed by atoms with van der Waals surface area (Å²) in [7, 11) is 0. The highest BCUT2D eigenvalue weighted by molar-refractivity contribution is 6.33. The van der Waals surface area contributed by atoms with E-state index in [-0.39, 0.29) is 47.3 Å². The Labute approximate surface area is 234 Å². The van der Waals surface area contributed by atoms with E-state index in [2.05, 4.69) is 20.4 Å². The first kappa shape index (κ1) is 23.4. The molecule has 2 atom stereocenters. The van der Waals surface area contributed by atoms with Gasteiger partial charge in [0.25, 0.3) is 5.89 Å². The van der Waals surface area contributed by atoms with Crippen LogP contribution < -0.4 is 0 Å². The zero-order valence-corrected chi connectivity index (χ0v) is 21.4. The van der Waals surface area contributed by atoms with E-state index in [1.165, 1.54) is 0 Å².